The summed E-state index contributed by atoms with van der Waals surface area (Å²) in [5.41, 5.74) is 3.82. The van der Waals surface area contributed by atoms with Crippen LogP contribution in [0.15, 0.2) is 46.9 Å². The highest BCUT2D eigenvalue weighted by Crippen LogP contribution is 2.29. The Hall–Kier alpha value is -0.990. The summed E-state index contributed by atoms with van der Waals surface area (Å²) in [6.07, 6.45) is 0.926. The fourth-order valence-corrected chi connectivity index (χ4v) is 3.10. The first kappa shape index (κ1) is 15.4. The van der Waals surface area contributed by atoms with Crippen LogP contribution in [0.5, 0.6) is 5.75 Å². The molecule has 0 aromatic heterocycles. The maximum absolute atomic E-state index is 6.15. The summed E-state index contributed by atoms with van der Waals surface area (Å²) in [5.74, 6) is 1.80. The van der Waals surface area contributed by atoms with Crippen LogP contribution in [0.3, 0.4) is 0 Å². The van der Waals surface area contributed by atoms with E-state index < -0.39 is 0 Å². The van der Waals surface area contributed by atoms with Gasteiger partial charge in [0.2, 0.25) is 0 Å². The van der Waals surface area contributed by atoms with Gasteiger partial charge in [0.15, 0.2) is 0 Å². The van der Waals surface area contributed by atoms with Crippen molar-refractivity contribution >= 4 is 27.5 Å². The number of benzene rings is 2. The minimum absolute atomic E-state index is 0.331. The summed E-state index contributed by atoms with van der Waals surface area (Å²) < 4.78 is 6.24. The molecule has 0 saturated heterocycles. The van der Waals surface area contributed by atoms with Crippen molar-refractivity contribution in [3.63, 3.8) is 0 Å². The van der Waals surface area contributed by atoms with Crippen molar-refractivity contribution in [2.45, 2.75) is 19.3 Å². The molecular formula is C17H18BrClO. The number of halogens is 2. The molecule has 2 aromatic carbocycles. The lowest BCUT2D eigenvalue weighted by Crippen LogP contribution is -2.05. The van der Waals surface area contributed by atoms with Gasteiger partial charge in [0.05, 0.1) is 11.6 Å². The van der Waals surface area contributed by atoms with Crippen molar-refractivity contribution < 1.29 is 4.74 Å². The van der Waals surface area contributed by atoms with E-state index in [1.165, 1.54) is 16.7 Å². The van der Waals surface area contributed by atoms with Crippen LogP contribution >= 0.6 is 27.5 Å². The van der Waals surface area contributed by atoms with Crippen LogP contribution < -0.4 is 4.74 Å². The SMILES string of the molecule is COc1ccc(CC(CCl)c2ccc(C)cc2)cc1Br. The van der Waals surface area contributed by atoms with E-state index in [4.69, 9.17) is 16.3 Å². The van der Waals surface area contributed by atoms with Crippen LogP contribution in [0, 0.1) is 6.92 Å². The molecule has 0 saturated carbocycles. The summed E-state index contributed by atoms with van der Waals surface area (Å²) in [4.78, 5) is 0. The van der Waals surface area contributed by atoms with E-state index in [1.54, 1.807) is 7.11 Å². The third-order valence-electron chi connectivity index (χ3n) is 3.43. The number of ether oxygens (including phenoxy) is 1. The van der Waals surface area contributed by atoms with E-state index in [0.717, 1.165) is 16.6 Å². The summed E-state index contributed by atoms with van der Waals surface area (Å²) in [7, 11) is 1.67. The first-order valence-corrected chi connectivity index (χ1v) is 7.91. The Bertz CT molecular complexity index is 566. The second-order valence-corrected chi connectivity index (χ2v) is 6.10. The second kappa shape index (κ2) is 7.14. The molecule has 0 amide bonds. The van der Waals surface area contributed by atoms with Gasteiger partial charge in [-0.05, 0) is 52.5 Å². The Kier molecular flexibility index (Phi) is 5.50. The fraction of sp³-hybridized carbons (Fsp3) is 0.294. The first-order valence-electron chi connectivity index (χ1n) is 6.59. The molecule has 0 aliphatic heterocycles. The molecule has 0 bridgehead atoms. The zero-order chi connectivity index (χ0) is 14.5. The lowest BCUT2D eigenvalue weighted by molar-refractivity contribution is 0.412. The summed E-state index contributed by atoms with van der Waals surface area (Å²) in [6.45, 7) is 2.10. The molecule has 1 atom stereocenters. The lowest BCUT2D eigenvalue weighted by atomic mass is 9.93. The molecule has 0 heterocycles. The van der Waals surface area contributed by atoms with Crippen molar-refractivity contribution in [3.8, 4) is 5.75 Å². The average Bonchev–Trinajstić information content (AvgIpc) is 2.46. The van der Waals surface area contributed by atoms with Crippen LogP contribution in [0.1, 0.15) is 22.6 Å². The van der Waals surface area contributed by atoms with Gasteiger partial charge in [-0.3, -0.25) is 0 Å². The number of hydrogen-bond donors (Lipinski definition) is 0. The van der Waals surface area contributed by atoms with Gasteiger partial charge < -0.3 is 4.74 Å². The summed E-state index contributed by atoms with van der Waals surface area (Å²) >= 11 is 9.68. The van der Waals surface area contributed by atoms with Crippen LogP contribution in [0.4, 0.5) is 0 Å². The third kappa shape index (κ3) is 3.77. The molecule has 0 aliphatic carbocycles. The van der Waals surface area contributed by atoms with Crippen LogP contribution in [-0.4, -0.2) is 13.0 Å². The first-order chi connectivity index (χ1) is 9.63. The Morgan fingerprint density at radius 1 is 1.15 bits per heavy atom. The molecule has 3 heteroatoms. The Morgan fingerprint density at radius 3 is 2.40 bits per heavy atom. The number of methoxy groups -OCH3 is 1. The van der Waals surface area contributed by atoms with Crippen molar-refractivity contribution in [2.24, 2.45) is 0 Å². The van der Waals surface area contributed by atoms with Crippen molar-refractivity contribution in [1.82, 2.24) is 0 Å². The Balaban J connectivity index is 2.17. The Morgan fingerprint density at radius 2 is 1.85 bits per heavy atom. The predicted octanol–water partition coefficient (Wildman–Crippen LogP) is 5.33. The number of hydrogen-bond acceptors (Lipinski definition) is 1. The largest absolute Gasteiger partial charge is 0.496 e. The van der Waals surface area contributed by atoms with Crippen LogP contribution in [-0.2, 0) is 6.42 Å². The maximum atomic E-state index is 6.15. The molecule has 2 aromatic rings. The smallest absolute Gasteiger partial charge is 0.133 e. The van der Waals surface area contributed by atoms with Gasteiger partial charge >= 0.3 is 0 Å². The molecule has 1 nitrogen and oxygen atoms in total. The van der Waals surface area contributed by atoms with Gasteiger partial charge in [-0.25, -0.2) is 0 Å². The predicted molar refractivity (Wildman–Crippen MR) is 89.0 cm³/mol. The molecule has 2 rings (SSSR count). The fourth-order valence-electron chi connectivity index (χ4n) is 2.22. The standard InChI is InChI=1S/C17H18BrClO/c1-12-3-6-14(7-4-12)15(11-19)9-13-5-8-17(20-2)16(18)10-13/h3-8,10,15H,9,11H2,1-2H3. The van der Waals surface area contributed by atoms with Crippen LogP contribution in [0.25, 0.3) is 0 Å². The second-order valence-electron chi connectivity index (χ2n) is 4.93. The molecular weight excluding hydrogens is 336 g/mol. The molecule has 0 fully saturated rings. The van der Waals surface area contributed by atoms with Gasteiger partial charge in [-0.1, -0.05) is 35.9 Å². The molecule has 20 heavy (non-hydrogen) atoms. The zero-order valence-corrected chi connectivity index (χ0v) is 14.0. The highest BCUT2D eigenvalue weighted by atomic mass is 79.9. The van der Waals surface area contributed by atoms with Crippen molar-refractivity contribution in [1.29, 1.82) is 0 Å². The third-order valence-corrected chi connectivity index (χ3v) is 4.43. The van der Waals surface area contributed by atoms with E-state index in [0.29, 0.717) is 11.8 Å². The molecule has 0 spiro atoms. The minimum Gasteiger partial charge on any atom is -0.496 e. The number of alkyl halides is 1. The van der Waals surface area contributed by atoms with E-state index in [1.807, 2.05) is 6.07 Å². The molecule has 106 valence electrons. The van der Waals surface area contributed by atoms with Gasteiger partial charge in [-0.15, -0.1) is 11.6 Å². The summed E-state index contributed by atoms with van der Waals surface area (Å²) in [5, 5.41) is 0. The van der Waals surface area contributed by atoms with Crippen LogP contribution in [0.2, 0.25) is 0 Å². The zero-order valence-electron chi connectivity index (χ0n) is 11.7. The van der Waals surface area contributed by atoms with E-state index in [2.05, 4.69) is 59.3 Å². The van der Waals surface area contributed by atoms with E-state index in [9.17, 15) is 0 Å². The highest BCUT2D eigenvalue weighted by molar-refractivity contribution is 9.10. The molecule has 0 N–H and O–H groups in total. The van der Waals surface area contributed by atoms with Crippen molar-refractivity contribution in [2.75, 3.05) is 13.0 Å². The lowest BCUT2D eigenvalue weighted by Gasteiger charge is -2.15. The average molecular weight is 354 g/mol. The van der Waals surface area contributed by atoms with Gasteiger partial charge in [0.25, 0.3) is 0 Å². The van der Waals surface area contributed by atoms with Gasteiger partial charge in [0.1, 0.15) is 5.75 Å². The quantitative estimate of drug-likeness (QED) is 0.660. The molecule has 0 aliphatic rings. The Labute approximate surface area is 134 Å². The monoisotopic (exact) mass is 352 g/mol. The summed E-state index contributed by atoms with van der Waals surface area (Å²) in [6, 6.07) is 14.8. The highest BCUT2D eigenvalue weighted by Gasteiger charge is 2.12. The minimum atomic E-state index is 0.331. The normalized spacial score (nSPS) is 12.2. The maximum Gasteiger partial charge on any atom is 0.133 e. The van der Waals surface area contributed by atoms with Gasteiger partial charge in [-0.2, -0.15) is 0 Å². The van der Waals surface area contributed by atoms with E-state index in [-0.39, 0.29) is 0 Å². The van der Waals surface area contributed by atoms with Crippen molar-refractivity contribution in [3.05, 3.63) is 63.6 Å². The molecule has 1 unspecified atom stereocenters. The number of rotatable bonds is 5. The van der Waals surface area contributed by atoms with Gasteiger partial charge in [0, 0.05) is 11.8 Å². The molecule has 0 radical (unpaired) electrons. The number of aryl methyl sites for hydroxylation is 1. The van der Waals surface area contributed by atoms with E-state index >= 15 is 0 Å². The topological polar surface area (TPSA) is 9.23 Å².